The molecule has 3 rings (SSSR count). The number of likely N-dealkylation sites (tertiary alicyclic amines) is 1. The number of nitrogens with one attached hydrogen (secondary N) is 1. The number of benzene rings is 1. The number of anilines is 1. The van der Waals surface area contributed by atoms with Crippen LogP contribution in [0.3, 0.4) is 0 Å². The molecule has 1 aliphatic heterocycles. The van der Waals surface area contributed by atoms with E-state index in [2.05, 4.69) is 32.3 Å². The first-order valence-corrected chi connectivity index (χ1v) is 10.9. The topological polar surface area (TPSA) is 89.0 Å². The van der Waals surface area contributed by atoms with Crippen LogP contribution >= 0.6 is 0 Å². The first kappa shape index (κ1) is 22.9. The maximum absolute atomic E-state index is 9.64. The highest BCUT2D eigenvalue weighted by Crippen LogP contribution is 2.27. The van der Waals surface area contributed by atoms with Crippen LogP contribution in [0.4, 0.5) is 5.82 Å². The minimum atomic E-state index is -0.290. The second-order valence-corrected chi connectivity index (χ2v) is 8.44. The van der Waals surface area contributed by atoms with Gasteiger partial charge < -0.3 is 24.6 Å². The smallest absolute Gasteiger partial charge is 0.319 e. The number of hydrogen-bond acceptors (Lipinski definition) is 8. The molecule has 2 aromatic rings. The van der Waals surface area contributed by atoms with E-state index in [-0.39, 0.29) is 24.3 Å². The molecule has 0 bridgehead atoms. The second-order valence-electron chi connectivity index (χ2n) is 8.44. The lowest BCUT2D eigenvalue weighted by Gasteiger charge is -2.32. The highest BCUT2D eigenvalue weighted by molar-refractivity contribution is 5.41. The van der Waals surface area contributed by atoms with Gasteiger partial charge in [0, 0.05) is 37.8 Å². The SMILES string of the molecule is COc1cc(NC2CCN(Cc3cc(OC(C)C)cc(OC(C)C)c3)CC2)nc(O)n1. The fraction of sp³-hybridized carbons (Fsp3) is 0.565. The van der Waals surface area contributed by atoms with E-state index in [4.69, 9.17) is 14.2 Å². The Kier molecular flexibility index (Phi) is 7.79. The summed E-state index contributed by atoms with van der Waals surface area (Å²) < 4.78 is 16.9. The summed E-state index contributed by atoms with van der Waals surface area (Å²) in [7, 11) is 1.52. The van der Waals surface area contributed by atoms with Crippen molar-refractivity contribution in [3.8, 4) is 23.4 Å². The highest BCUT2D eigenvalue weighted by atomic mass is 16.5. The summed E-state index contributed by atoms with van der Waals surface area (Å²) in [5, 5.41) is 13.0. The summed E-state index contributed by atoms with van der Waals surface area (Å²) in [5.41, 5.74) is 1.19. The van der Waals surface area contributed by atoms with E-state index in [0.29, 0.717) is 11.7 Å². The van der Waals surface area contributed by atoms with E-state index in [1.807, 2.05) is 33.8 Å². The summed E-state index contributed by atoms with van der Waals surface area (Å²) in [6.45, 7) is 10.9. The molecule has 8 nitrogen and oxygen atoms in total. The van der Waals surface area contributed by atoms with Crippen molar-refractivity contribution >= 4 is 5.82 Å². The Morgan fingerprint density at radius 3 is 2.16 bits per heavy atom. The van der Waals surface area contributed by atoms with Crippen LogP contribution in [-0.4, -0.2) is 58.4 Å². The Morgan fingerprint density at radius 1 is 1.00 bits per heavy atom. The molecular weight excluding hydrogens is 396 g/mol. The monoisotopic (exact) mass is 430 g/mol. The average Bonchev–Trinajstić information content (AvgIpc) is 2.68. The Balaban J connectivity index is 1.59. The third-order valence-corrected chi connectivity index (χ3v) is 4.93. The van der Waals surface area contributed by atoms with Crippen molar-refractivity contribution in [2.45, 2.75) is 65.3 Å². The number of ether oxygens (including phenoxy) is 3. The molecule has 170 valence electrons. The largest absolute Gasteiger partial charge is 0.491 e. The van der Waals surface area contributed by atoms with E-state index >= 15 is 0 Å². The molecule has 1 fully saturated rings. The Labute approximate surface area is 184 Å². The zero-order chi connectivity index (χ0) is 22.4. The van der Waals surface area contributed by atoms with Crippen molar-refractivity contribution in [2.24, 2.45) is 0 Å². The molecule has 1 aliphatic rings. The van der Waals surface area contributed by atoms with Crippen molar-refractivity contribution in [1.82, 2.24) is 14.9 Å². The average molecular weight is 431 g/mol. The molecule has 2 heterocycles. The summed E-state index contributed by atoms with van der Waals surface area (Å²) in [5.74, 6) is 2.61. The molecule has 1 aromatic heterocycles. The standard InChI is InChI=1S/C23H34N4O4/c1-15(2)30-19-10-17(11-20(12-19)31-16(3)4)14-27-8-6-18(7-9-27)24-21-13-22(29-5)26-23(28)25-21/h10-13,15-16,18H,6-9,14H2,1-5H3,(H2,24,25,26,28). The van der Waals surface area contributed by atoms with Crippen molar-refractivity contribution < 1.29 is 19.3 Å². The summed E-state index contributed by atoms with van der Waals surface area (Å²) >= 11 is 0. The van der Waals surface area contributed by atoms with Gasteiger partial charge >= 0.3 is 6.01 Å². The van der Waals surface area contributed by atoms with Gasteiger partial charge in [-0.05, 0) is 58.2 Å². The van der Waals surface area contributed by atoms with Crippen molar-refractivity contribution in [1.29, 1.82) is 0 Å². The van der Waals surface area contributed by atoms with E-state index in [1.54, 1.807) is 6.07 Å². The molecular formula is C23H34N4O4. The molecule has 0 aliphatic carbocycles. The molecule has 1 aromatic carbocycles. The van der Waals surface area contributed by atoms with E-state index in [0.717, 1.165) is 44.0 Å². The third kappa shape index (κ3) is 7.17. The van der Waals surface area contributed by atoms with Gasteiger partial charge in [-0.25, -0.2) is 0 Å². The highest BCUT2D eigenvalue weighted by Gasteiger charge is 2.21. The van der Waals surface area contributed by atoms with Crippen molar-refractivity contribution in [2.75, 3.05) is 25.5 Å². The van der Waals surface area contributed by atoms with Crippen LogP contribution in [0.5, 0.6) is 23.4 Å². The second kappa shape index (κ2) is 10.5. The number of aromatic nitrogens is 2. The van der Waals surface area contributed by atoms with Gasteiger partial charge in [0.25, 0.3) is 0 Å². The summed E-state index contributed by atoms with van der Waals surface area (Å²) in [6.07, 6.45) is 2.18. The molecule has 0 unspecified atom stereocenters. The van der Waals surface area contributed by atoms with Gasteiger partial charge in [-0.3, -0.25) is 4.90 Å². The fourth-order valence-electron chi connectivity index (χ4n) is 3.70. The number of nitrogens with zero attached hydrogens (tertiary/aromatic N) is 3. The van der Waals surface area contributed by atoms with Crippen LogP contribution in [-0.2, 0) is 6.54 Å². The zero-order valence-corrected chi connectivity index (χ0v) is 19.1. The minimum absolute atomic E-state index is 0.115. The predicted molar refractivity (Wildman–Crippen MR) is 120 cm³/mol. The van der Waals surface area contributed by atoms with Gasteiger partial charge in [-0.2, -0.15) is 9.97 Å². The molecule has 2 N–H and O–H groups in total. The van der Waals surface area contributed by atoms with Gasteiger partial charge in [0.05, 0.1) is 19.3 Å². The van der Waals surface area contributed by atoms with Gasteiger partial charge in [-0.15, -0.1) is 0 Å². The Bertz CT molecular complexity index is 823. The summed E-state index contributed by atoms with van der Waals surface area (Å²) in [6, 6.07) is 7.86. The van der Waals surface area contributed by atoms with Crippen LogP contribution in [0.2, 0.25) is 0 Å². The minimum Gasteiger partial charge on any atom is -0.491 e. The van der Waals surface area contributed by atoms with Gasteiger partial charge in [0.1, 0.15) is 17.3 Å². The Morgan fingerprint density at radius 2 is 1.61 bits per heavy atom. The van der Waals surface area contributed by atoms with Crippen LogP contribution in [0.25, 0.3) is 0 Å². The zero-order valence-electron chi connectivity index (χ0n) is 19.1. The number of piperidine rings is 1. The first-order chi connectivity index (χ1) is 14.8. The third-order valence-electron chi connectivity index (χ3n) is 4.93. The first-order valence-electron chi connectivity index (χ1n) is 10.9. The fourth-order valence-corrected chi connectivity index (χ4v) is 3.70. The number of hydrogen-bond donors (Lipinski definition) is 2. The van der Waals surface area contributed by atoms with Crippen molar-refractivity contribution in [3.05, 3.63) is 29.8 Å². The molecule has 0 radical (unpaired) electrons. The molecule has 1 saturated heterocycles. The lowest BCUT2D eigenvalue weighted by molar-refractivity contribution is 0.207. The van der Waals surface area contributed by atoms with E-state index < -0.39 is 0 Å². The summed E-state index contributed by atoms with van der Waals surface area (Å²) in [4.78, 5) is 10.3. The molecule has 31 heavy (non-hydrogen) atoms. The van der Waals surface area contributed by atoms with E-state index in [9.17, 15) is 5.11 Å². The lowest BCUT2D eigenvalue weighted by Crippen LogP contribution is -2.38. The molecule has 0 atom stereocenters. The number of aromatic hydroxyl groups is 1. The van der Waals surface area contributed by atoms with Gasteiger partial charge in [0.2, 0.25) is 5.88 Å². The maximum atomic E-state index is 9.64. The molecule has 0 amide bonds. The Hall–Kier alpha value is -2.74. The normalized spacial score (nSPS) is 15.3. The van der Waals surface area contributed by atoms with Crippen LogP contribution in [0, 0.1) is 0 Å². The number of rotatable bonds is 9. The predicted octanol–water partition coefficient (Wildman–Crippen LogP) is 3.84. The number of methoxy groups -OCH3 is 1. The maximum Gasteiger partial charge on any atom is 0.319 e. The molecule has 8 heteroatoms. The van der Waals surface area contributed by atoms with Crippen LogP contribution < -0.4 is 19.5 Å². The van der Waals surface area contributed by atoms with E-state index in [1.165, 1.54) is 12.7 Å². The molecule has 0 saturated carbocycles. The van der Waals surface area contributed by atoms with Crippen molar-refractivity contribution in [3.63, 3.8) is 0 Å². The quantitative estimate of drug-likeness (QED) is 0.620. The molecule has 0 spiro atoms. The van der Waals surface area contributed by atoms with Gasteiger partial charge in [0.15, 0.2) is 0 Å². The van der Waals surface area contributed by atoms with Gasteiger partial charge in [-0.1, -0.05) is 0 Å². The lowest BCUT2D eigenvalue weighted by atomic mass is 10.0. The van der Waals surface area contributed by atoms with Crippen LogP contribution in [0.15, 0.2) is 24.3 Å². The van der Waals surface area contributed by atoms with Crippen LogP contribution in [0.1, 0.15) is 46.1 Å².